The number of fused-ring (bicyclic) bond motifs is 1. The van der Waals surface area contributed by atoms with Gasteiger partial charge in [-0.25, -0.2) is 0 Å². The SMILES string of the molecule is CC(=O)Nc1ccc2n(c1=O)C(C(C)C)(C(C)C)CC2. The molecule has 4 heteroatoms. The zero-order valence-corrected chi connectivity index (χ0v) is 13.0. The number of anilines is 1. The van der Waals surface area contributed by atoms with Gasteiger partial charge in [-0.3, -0.25) is 9.59 Å². The lowest BCUT2D eigenvalue weighted by Crippen LogP contribution is -2.47. The van der Waals surface area contributed by atoms with Crippen LogP contribution < -0.4 is 10.9 Å². The molecule has 0 saturated heterocycles. The van der Waals surface area contributed by atoms with E-state index in [-0.39, 0.29) is 17.0 Å². The van der Waals surface area contributed by atoms with Crippen molar-refractivity contribution in [1.29, 1.82) is 0 Å². The molecule has 2 rings (SSSR count). The van der Waals surface area contributed by atoms with E-state index in [1.54, 1.807) is 6.07 Å². The van der Waals surface area contributed by atoms with Crippen LogP contribution in [0.1, 0.15) is 46.7 Å². The highest BCUT2D eigenvalue weighted by Gasteiger charge is 2.44. The Morgan fingerprint density at radius 1 is 1.25 bits per heavy atom. The van der Waals surface area contributed by atoms with Crippen molar-refractivity contribution in [2.45, 2.75) is 53.0 Å². The number of aryl methyl sites for hydroxylation is 1. The van der Waals surface area contributed by atoms with Gasteiger partial charge in [0.15, 0.2) is 0 Å². The Kier molecular flexibility index (Phi) is 3.76. The normalized spacial score (nSPS) is 16.6. The zero-order chi connectivity index (χ0) is 15.1. The molecule has 1 aromatic heterocycles. The molecule has 2 heterocycles. The van der Waals surface area contributed by atoms with Gasteiger partial charge >= 0.3 is 0 Å². The Morgan fingerprint density at radius 2 is 1.85 bits per heavy atom. The van der Waals surface area contributed by atoms with Gasteiger partial charge in [0.2, 0.25) is 5.91 Å². The largest absolute Gasteiger partial charge is 0.322 e. The van der Waals surface area contributed by atoms with Gasteiger partial charge in [0.25, 0.3) is 5.56 Å². The molecule has 0 aliphatic carbocycles. The number of pyridine rings is 1. The average molecular weight is 276 g/mol. The minimum Gasteiger partial charge on any atom is -0.322 e. The number of hydrogen-bond acceptors (Lipinski definition) is 2. The second kappa shape index (κ2) is 5.08. The summed E-state index contributed by atoms with van der Waals surface area (Å²) in [6.07, 6.45) is 1.91. The van der Waals surface area contributed by atoms with E-state index in [9.17, 15) is 9.59 Å². The van der Waals surface area contributed by atoms with Gasteiger partial charge in [-0.2, -0.15) is 0 Å². The molecule has 0 bridgehead atoms. The molecule has 0 radical (unpaired) electrons. The van der Waals surface area contributed by atoms with Crippen molar-refractivity contribution in [2.24, 2.45) is 11.8 Å². The molecular weight excluding hydrogens is 252 g/mol. The molecule has 0 fully saturated rings. The standard InChI is InChI=1S/C16H24N2O2/c1-10(2)16(11(3)4)9-8-13-6-7-14(17-12(5)19)15(20)18(13)16/h6-7,10-11H,8-9H2,1-5H3,(H,17,19). The van der Waals surface area contributed by atoms with Gasteiger partial charge in [0.1, 0.15) is 5.69 Å². The van der Waals surface area contributed by atoms with E-state index in [1.165, 1.54) is 6.92 Å². The Balaban J connectivity index is 2.65. The summed E-state index contributed by atoms with van der Waals surface area (Å²) < 4.78 is 1.94. The van der Waals surface area contributed by atoms with Crippen molar-refractivity contribution in [1.82, 2.24) is 4.57 Å². The highest BCUT2D eigenvalue weighted by atomic mass is 16.2. The first-order valence-electron chi connectivity index (χ1n) is 7.33. The van der Waals surface area contributed by atoms with Crippen molar-refractivity contribution in [3.8, 4) is 0 Å². The van der Waals surface area contributed by atoms with Crippen LogP contribution in [-0.2, 0) is 16.8 Å². The molecule has 1 aromatic rings. The van der Waals surface area contributed by atoms with E-state index in [2.05, 4.69) is 33.0 Å². The number of rotatable bonds is 3. The third-order valence-corrected chi connectivity index (χ3v) is 4.67. The van der Waals surface area contributed by atoms with Crippen LogP contribution in [0.25, 0.3) is 0 Å². The summed E-state index contributed by atoms with van der Waals surface area (Å²) in [6, 6.07) is 3.70. The van der Waals surface area contributed by atoms with Crippen molar-refractivity contribution >= 4 is 11.6 Å². The maximum Gasteiger partial charge on any atom is 0.275 e. The summed E-state index contributed by atoms with van der Waals surface area (Å²) in [5.74, 6) is 0.531. The summed E-state index contributed by atoms with van der Waals surface area (Å²) >= 11 is 0. The molecule has 0 spiro atoms. The van der Waals surface area contributed by atoms with Gasteiger partial charge in [-0.15, -0.1) is 0 Å². The summed E-state index contributed by atoms with van der Waals surface area (Å²) in [7, 11) is 0. The highest BCUT2D eigenvalue weighted by Crippen LogP contribution is 2.43. The molecule has 1 aliphatic rings. The molecule has 1 N–H and O–H groups in total. The Hall–Kier alpha value is -1.58. The third kappa shape index (κ3) is 2.07. The fourth-order valence-corrected chi connectivity index (χ4v) is 3.71. The van der Waals surface area contributed by atoms with Crippen LogP contribution in [0.4, 0.5) is 5.69 Å². The van der Waals surface area contributed by atoms with Gasteiger partial charge in [0, 0.05) is 12.6 Å². The number of hydrogen-bond donors (Lipinski definition) is 1. The van der Waals surface area contributed by atoms with E-state index >= 15 is 0 Å². The smallest absolute Gasteiger partial charge is 0.275 e. The topological polar surface area (TPSA) is 51.1 Å². The van der Waals surface area contributed by atoms with Crippen LogP contribution in [0.3, 0.4) is 0 Å². The van der Waals surface area contributed by atoms with E-state index < -0.39 is 0 Å². The zero-order valence-electron chi connectivity index (χ0n) is 13.0. The molecule has 110 valence electrons. The first kappa shape index (κ1) is 14.8. The predicted octanol–water partition coefficient (Wildman–Crippen LogP) is 2.76. The van der Waals surface area contributed by atoms with Crippen molar-refractivity contribution in [3.05, 3.63) is 28.2 Å². The molecule has 1 amide bonds. The van der Waals surface area contributed by atoms with Crippen LogP contribution in [-0.4, -0.2) is 10.5 Å². The number of aromatic nitrogens is 1. The first-order valence-corrected chi connectivity index (χ1v) is 7.33. The highest BCUT2D eigenvalue weighted by molar-refractivity contribution is 5.88. The molecule has 20 heavy (non-hydrogen) atoms. The number of carbonyl (C=O) groups excluding carboxylic acids is 1. The molecule has 1 aliphatic heterocycles. The lowest BCUT2D eigenvalue weighted by Gasteiger charge is -2.40. The molecular formula is C16H24N2O2. The number of nitrogens with one attached hydrogen (secondary N) is 1. The van der Waals surface area contributed by atoms with E-state index in [0.29, 0.717) is 17.5 Å². The quantitative estimate of drug-likeness (QED) is 0.923. The van der Waals surface area contributed by atoms with Gasteiger partial charge in [-0.05, 0) is 36.8 Å². The van der Waals surface area contributed by atoms with Gasteiger partial charge in [0.05, 0.1) is 5.54 Å². The van der Waals surface area contributed by atoms with Gasteiger partial charge in [-0.1, -0.05) is 27.7 Å². The van der Waals surface area contributed by atoms with Crippen molar-refractivity contribution in [2.75, 3.05) is 5.32 Å². The van der Waals surface area contributed by atoms with Crippen molar-refractivity contribution < 1.29 is 4.79 Å². The van der Waals surface area contributed by atoms with Crippen LogP contribution in [0, 0.1) is 11.8 Å². The fraction of sp³-hybridized carbons (Fsp3) is 0.625. The lowest BCUT2D eigenvalue weighted by molar-refractivity contribution is -0.114. The minimum absolute atomic E-state index is 0.0717. The third-order valence-electron chi connectivity index (χ3n) is 4.67. The van der Waals surface area contributed by atoms with E-state index in [1.807, 2.05) is 10.6 Å². The monoisotopic (exact) mass is 276 g/mol. The maximum absolute atomic E-state index is 12.8. The molecule has 0 aromatic carbocycles. The first-order chi connectivity index (χ1) is 9.30. The summed E-state index contributed by atoms with van der Waals surface area (Å²) in [4.78, 5) is 24.0. The Morgan fingerprint density at radius 3 is 2.35 bits per heavy atom. The average Bonchev–Trinajstić information content (AvgIpc) is 2.73. The van der Waals surface area contributed by atoms with Crippen LogP contribution in [0.5, 0.6) is 0 Å². The van der Waals surface area contributed by atoms with Crippen molar-refractivity contribution in [3.63, 3.8) is 0 Å². The number of carbonyl (C=O) groups is 1. The Labute approximate surface area is 120 Å². The lowest BCUT2D eigenvalue weighted by atomic mass is 9.75. The molecule has 4 nitrogen and oxygen atoms in total. The van der Waals surface area contributed by atoms with Crippen LogP contribution >= 0.6 is 0 Å². The maximum atomic E-state index is 12.8. The fourth-order valence-electron chi connectivity index (χ4n) is 3.71. The predicted molar refractivity (Wildman–Crippen MR) is 81.0 cm³/mol. The minimum atomic E-state index is -0.208. The second-order valence-electron chi connectivity index (χ2n) is 6.36. The van der Waals surface area contributed by atoms with Crippen LogP contribution in [0.15, 0.2) is 16.9 Å². The number of nitrogens with zero attached hydrogens (tertiary/aromatic N) is 1. The summed E-state index contributed by atoms with van der Waals surface area (Å²) in [5.41, 5.74) is 1.24. The molecule has 0 atom stereocenters. The summed E-state index contributed by atoms with van der Waals surface area (Å²) in [6.45, 7) is 10.1. The Bertz CT molecular complexity index is 577. The van der Waals surface area contributed by atoms with E-state index in [4.69, 9.17) is 0 Å². The van der Waals surface area contributed by atoms with Gasteiger partial charge < -0.3 is 9.88 Å². The molecule has 0 unspecified atom stereocenters. The molecule has 0 saturated carbocycles. The van der Waals surface area contributed by atoms with Crippen LogP contribution in [0.2, 0.25) is 0 Å². The second-order valence-corrected chi connectivity index (χ2v) is 6.36. The number of amides is 1. The van der Waals surface area contributed by atoms with E-state index in [0.717, 1.165) is 18.5 Å². The summed E-state index contributed by atoms with van der Waals surface area (Å²) in [5, 5.41) is 2.65.